The van der Waals surface area contributed by atoms with E-state index in [1.165, 1.54) is 0 Å². The second-order valence-electron chi connectivity index (χ2n) is 5.86. The number of furan rings is 1. The number of thioether (sulfide) groups is 1. The van der Waals surface area contributed by atoms with Gasteiger partial charge in [0.15, 0.2) is 0 Å². The highest BCUT2D eigenvalue weighted by atomic mass is 32.2. The van der Waals surface area contributed by atoms with Crippen molar-refractivity contribution >= 4 is 21.8 Å². The van der Waals surface area contributed by atoms with E-state index in [-0.39, 0.29) is 4.75 Å². The van der Waals surface area contributed by atoms with Gasteiger partial charge in [-0.1, -0.05) is 6.92 Å². The lowest BCUT2D eigenvalue weighted by atomic mass is 10.2. The first-order valence-corrected chi connectivity index (χ1v) is 9.63. The van der Waals surface area contributed by atoms with Crippen molar-refractivity contribution < 1.29 is 12.8 Å². The Bertz CT molecular complexity index is 593. The van der Waals surface area contributed by atoms with Crippen LogP contribution >= 0.6 is 11.8 Å². The molecule has 0 amide bonds. The quantitative estimate of drug-likeness (QED) is 0.896. The Labute approximate surface area is 131 Å². The average Bonchev–Trinajstić information content (AvgIpc) is 2.77. The van der Waals surface area contributed by atoms with Crippen molar-refractivity contribution in [2.45, 2.75) is 43.9 Å². The van der Waals surface area contributed by atoms with Crippen LogP contribution in [0.4, 0.5) is 0 Å². The highest BCUT2D eigenvalue weighted by Gasteiger charge is 2.36. The molecule has 1 saturated heterocycles. The molecule has 0 aromatic carbocycles. The fraction of sp³-hybridized carbons (Fsp3) is 0.714. The van der Waals surface area contributed by atoms with Gasteiger partial charge in [0.25, 0.3) is 0 Å². The summed E-state index contributed by atoms with van der Waals surface area (Å²) in [4.78, 5) is 0.304. The van der Waals surface area contributed by atoms with E-state index in [4.69, 9.17) is 4.42 Å². The molecule has 0 unspecified atom stereocenters. The fourth-order valence-corrected chi connectivity index (χ4v) is 5.53. The first-order chi connectivity index (χ1) is 9.76. The van der Waals surface area contributed by atoms with Crippen LogP contribution in [0.15, 0.2) is 15.4 Å². The van der Waals surface area contributed by atoms with Crippen molar-refractivity contribution in [3.8, 4) is 0 Å². The van der Waals surface area contributed by atoms with Crippen molar-refractivity contribution in [2.24, 2.45) is 0 Å². The molecular formula is C14H24N2O3S2. The van der Waals surface area contributed by atoms with Gasteiger partial charge in [-0.2, -0.15) is 16.1 Å². The van der Waals surface area contributed by atoms with Gasteiger partial charge in [-0.15, -0.1) is 0 Å². The minimum absolute atomic E-state index is 0.0461. The summed E-state index contributed by atoms with van der Waals surface area (Å²) in [6, 6.07) is 1.65. The van der Waals surface area contributed by atoms with Crippen LogP contribution < -0.4 is 5.32 Å². The molecule has 1 aromatic rings. The van der Waals surface area contributed by atoms with E-state index in [9.17, 15) is 8.42 Å². The number of hydrogen-bond acceptors (Lipinski definition) is 5. The van der Waals surface area contributed by atoms with Crippen LogP contribution in [0.5, 0.6) is 0 Å². The Morgan fingerprint density at radius 2 is 2.19 bits per heavy atom. The summed E-state index contributed by atoms with van der Waals surface area (Å²) in [5, 5.41) is 3.14. The molecule has 0 aliphatic carbocycles. The highest BCUT2D eigenvalue weighted by Crippen LogP contribution is 2.33. The third-order valence-corrected chi connectivity index (χ3v) is 6.73. The number of hydrogen-bond donors (Lipinski definition) is 1. The number of nitrogens with one attached hydrogen (secondary N) is 1. The minimum atomic E-state index is -3.47. The van der Waals surface area contributed by atoms with Crippen LogP contribution in [-0.2, 0) is 16.6 Å². The molecule has 21 heavy (non-hydrogen) atoms. The molecule has 2 rings (SSSR count). The molecular weight excluding hydrogens is 308 g/mol. The van der Waals surface area contributed by atoms with Gasteiger partial charge in [-0.05, 0) is 27.3 Å². The monoisotopic (exact) mass is 332 g/mol. The summed E-state index contributed by atoms with van der Waals surface area (Å²) >= 11 is 1.82. The second kappa shape index (κ2) is 6.32. The molecule has 1 aliphatic rings. The molecule has 1 fully saturated rings. The van der Waals surface area contributed by atoms with Crippen LogP contribution in [0.3, 0.4) is 0 Å². The Hall–Kier alpha value is -0.500. The highest BCUT2D eigenvalue weighted by molar-refractivity contribution is 8.00. The van der Waals surface area contributed by atoms with E-state index in [0.29, 0.717) is 36.1 Å². The van der Waals surface area contributed by atoms with Crippen LogP contribution in [0.25, 0.3) is 0 Å². The number of sulfonamides is 1. The van der Waals surface area contributed by atoms with Gasteiger partial charge in [0.05, 0.1) is 6.54 Å². The smallest absolute Gasteiger partial charge is 0.246 e. The third-order valence-electron chi connectivity index (χ3n) is 3.48. The summed E-state index contributed by atoms with van der Waals surface area (Å²) in [6.45, 7) is 10.3. The van der Waals surface area contributed by atoms with Gasteiger partial charge in [-0.25, -0.2) is 8.42 Å². The topological polar surface area (TPSA) is 62.6 Å². The van der Waals surface area contributed by atoms with E-state index >= 15 is 0 Å². The Balaban J connectivity index is 2.25. The summed E-state index contributed by atoms with van der Waals surface area (Å²) in [5.41, 5.74) is 0. The molecule has 5 nitrogen and oxygen atoms in total. The van der Waals surface area contributed by atoms with Crippen molar-refractivity contribution in [2.75, 3.05) is 25.4 Å². The Morgan fingerprint density at radius 1 is 1.48 bits per heavy atom. The summed E-state index contributed by atoms with van der Waals surface area (Å²) in [6.07, 6.45) is 0. The number of nitrogens with zero attached hydrogens (tertiary/aromatic N) is 1. The number of rotatable bonds is 5. The van der Waals surface area contributed by atoms with Crippen LogP contribution in [-0.4, -0.2) is 42.9 Å². The lowest BCUT2D eigenvalue weighted by Crippen LogP contribution is -2.46. The summed E-state index contributed by atoms with van der Waals surface area (Å²) < 4.78 is 32.7. The zero-order chi connectivity index (χ0) is 15.7. The molecule has 120 valence electrons. The van der Waals surface area contributed by atoms with E-state index < -0.39 is 10.0 Å². The first kappa shape index (κ1) is 16.9. The lowest BCUT2D eigenvalue weighted by Gasteiger charge is -2.36. The van der Waals surface area contributed by atoms with Gasteiger partial charge in [0.1, 0.15) is 16.4 Å². The molecule has 0 spiro atoms. The standard InChI is InChI=1S/C14H24N2O3S2/c1-5-15-9-12-8-13(11(2)19-12)21(17,18)16-6-7-20-14(3,4)10-16/h8,15H,5-7,9-10H2,1-4H3. The van der Waals surface area contributed by atoms with Crippen LogP contribution in [0.1, 0.15) is 32.3 Å². The molecule has 0 radical (unpaired) electrons. The molecule has 0 saturated carbocycles. The van der Waals surface area contributed by atoms with Crippen LogP contribution in [0, 0.1) is 6.92 Å². The third kappa shape index (κ3) is 3.83. The van der Waals surface area contributed by atoms with Crippen LogP contribution in [0.2, 0.25) is 0 Å². The maximum atomic E-state index is 12.8. The largest absolute Gasteiger partial charge is 0.464 e. The van der Waals surface area contributed by atoms with Gasteiger partial charge in [0, 0.05) is 29.7 Å². The molecule has 0 bridgehead atoms. The predicted molar refractivity (Wildman–Crippen MR) is 86.1 cm³/mol. The number of aryl methyl sites for hydroxylation is 1. The van der Waals surface area contributed by atoms with E-state index in [1.807, 2.05) is 18.7 Å². The molecule has 1 N–H and O–H groups in total. The molecule has 1 aromatic heterocycles. The van der Waals surface area contributed by atoms with Gasteiger partial charge < -0.3 is 9.73 Å². The van der Waals surface area contributed by atoms with E-state index in [1.54, 1.807) is 17.3 Å². The minimum Gasteiger partial charge on any atom is -0.464 e. The first-order valence-electron chi connectivity index (χ1n) is 7.20. The summed E-state index contributed by atoms with van der Waals surface area (Å²) in [5.74, 6) is 1.96. The maximum Gasteiger partial charge on any atom is 0.246 e. The second-order valence-corrected chi connectivity index (χ2v) is 9.57. The molecule has 0 atom stereocenters. The van der Waals surface area contributed by atoms with Gasteiger partial charge in [0.2, 0.25) is 10.0 Å². The summed E-state index contributed by atoms with van der Waals surface area (Å²) in [7, 11) is -3.47. The maximum absolute atomic E-state index is 12.8. The van der Waals surface area contributed by atoms with Gasteiger partial charge in [-0.3, -0.25) is 0 Å². The zero-order valence-electron chi connectivity index (χ0n) is 13.1. The van der Waals surface area contributed by atoms with Gasteiger partial charge >= 0.3 is 0 Å². The van der Waals surface area contributed by atoms with Crippen molar-refractivity contribution in [1.29, 1.82) is 0 Å². The van der Waals surface area contributed by atoms with Crippen molar-refractivity contribution in [1.82, 2.24) is 9.62 Å². The molecule has 1 aliphatic heterocycles. The van der Waals surface area contributed by atoms with E-state index in [0.717, 1.165) is 12.3 Å². The zero-order valence-corrected chi connectivity index (χ0v) is 14.7. The predicted octanol–water partition coefficient (Wildman–Crippen LogP) is 2.21. The lowest BCUT2D eigenvalue weighted by molar-refractivity contribution is 0.386. The van der Waals surface area contributed by atoms with Crippen molar-refractivity contribution in [3.63, 3.8) is 0 Å². The van der Waals surface area contributed by atoms with Crippen molar-refractivity contribution in [3.05, 3.63) is 17.6 Å². The Kier molecular flexibility index (Phi) is 5.07. The average molecular weight is 332 g/mol. The fourth-order valence-electron chi connectivity index (χ4n) is 2.43. The molecule has 2 heterocycles. The normalized spacial score (nSPS) is 19.8. The molecule has 7 heteroatoms. The Morgan fingerprint density at radius 3 is 2.81 bits per heavy atom. The SMILES string of the molecule is CCNCc1cc(S(=O)(=O)N2CCSC(C)(C)C2)c(C)o1. The van der Waals surface area contributed by atoms with E-state index in [2.05, 4.69) is 19.2 Å².